The summed E-state index contributed by atoms with van der Waals surface area (Å²) in [5.41, 5.74) is 7.96. The second-order valence-corrected chi connectivity index (χ2v) is 10.9. The Bertz CT molecular complexity index is 1330. The van der Waals surface area contributed by atoms with E-state index in [1.54, 1.807) is 0 Å². The number of rotatable bonds is 6. The molecule has 5 rings (SSSR count). The Morgan fingerprint density at radius 1 is 1.15 bits per heavy atom. The molecule has 1 spiro atoms. The van der Waals surface area contributed by atoms with Crippen LogP contribution in [0.3, 0.4) is 0 Å². The first-order chi connectivity index (χ1) is 19.3. The highest BCUT2D eigenvalue weighted by Gasteiger charge is 2.58. The van der Waals surface area contributed by atoms with Gasteiger partial charge in [0.15, 0.2) is 0 Å². The maximum atomic E-state index is 14.3. The number of allylic oxidation sites excluding steroid dienone is 1. The highest BCUT2D eigenvalue weighted by molar-refractivity contribution is 6.08. The van der Waals surface area contributed by atoms with Crippen molar-refractivity contribution in [2.24, 2.45) is 5.73 Å². The first-order valence-corrected chi connectivity index (χ1v) is 14.0. The van der Waals surface area contributed by atoms with Crippen molar-refractivity contribution in [3.8, 4) is 0 Å². The average Bonchev–Trinajstić information content (AvgIpc) is 3.49. The number of unbranched alkanes of at least 4 members (excludes halogenated alkanes) is 1. The molecule has 3 aliphatic heterocycles. The van der Waals surface area contributed by atoms with Gasteiger partial charge in [-0.25, -0.2) is 4.79 Å². The number of anilines is 1. The zero-order valence-corrected chi connectivity index (χ0v) is 22.8. The second-order valence-electron chi connectivity index (χ2n) is 10.9. The standard InChI is InChI=1S/C31H36N4O5/c1-2-3-13-25-28(37)35-20-31(18-26(35)27(32)36)23-17-21(14-15-24(23)33-29(31)38)10-8-5-9-16-34(25)30(39)40-19-22-11-6-4-7-12-22/h4,6-8,10-12,14-15,17,25-26H,2-3,5,9,13,16,18-20H2,1H3,(H2,32,36)(H,33,38)/b10-8-/t25-,26-,31-/m0/s1. The van der Waals surface area contributed by atoms with E-state index < -0.39 is 29.5 Å². The van der Waals surface area contributed by atoms with Crippen LogP contribution in [0.1, 0.15) is 62.1 Å². The van der Waals surface area contributed by atoms with Crippen LogP contribution in [-0.4, -0.2) is 58.8 Å². The number of carbonyl (C=O) groups is 4. The lowest BCUT2D eigenvalue weighted by atomic mass is 9.79. The summed E-state index contributed by atoms with van der Waals surface area (Å²) in [7, 11) is 0. The number of hydrogen-bond acceptors (Lipinski definition) is 5. The minimum Gasteiger partial charge on any atom is -0.445 e. The van der Waals surface area contributed by atoms with E-state index in [1.807, 2.05) is 67.6 Å². The molecular formula is C31H36N4O5. The molecule has 0 unspecified atom stereocenters. The smallest absolute Gasteiger partial charge is 0.410 e. The van der Waals surface area contributed by atoms with Gasteiger partial charge in [0.25, 0.3) is 0 Å². The van der Waals surface area contributed by atoms with Gasteiger partial charge in [0.1, 0.15) is 18.7 Å². The van der Waals surface area contributed by atoms with Crippen LogP contribution in [0.5, 0.6) is 0 Å². The predicted octanol–water partition coefficient (Wildman–Crippen LogP) is 3.97. The van der Waals surface area contributed by atoms with Crippen LogP contribution >= 0.6 is 0 Å². The third-order valence-electron chi connectivity index (χ3n) is 8.22. The third kappa shape index (κ3) is 5.20. The Hall–Kier alpha value is -4.14. The molecule has 2 aromatic carbocycles. The number of nitrogens with one attached hydrogen (secondary N) is 1. The number of fused-ring (bicyclic) bond motifs is 2. The number of nitrogens with two attached hydrogens (primary N) is 1. The maximum absolute atomic E-state index is 14.3. The normalized spacial score (nSPS) is 24.8. The number of primary amides is 1. The van der Waals surface area contributed by atoms with E-state index in [4.69, 9.17) is 10.5 Å². The van der Waals surface area contributed by atoms with Gasteiger partial charge in [-0.3, -0.25) is 19.3 Å². The Balaban J connectivity index is 1.53. The molecule has 0 aliphatic carbocycles. The van der Waals surface area contributed by atoms with E-state index in [9.17, 15) is 19.2 Å². The van der Waals surface area contributed by atoms with Crippen LogP contribution < -0.4 is 11.1 Å². The number of benzene rings is 2. The first-order valence-electron chi connectivity index (χ1n) is 14.0. The van der Waals surface area contributed by atoms with Crippen molar-refractivity contribution in [1.82, 2.24) is 9.80 Å². The summed E-state index contributed by atoms with van der Waals surface area (Å²) >= 11 is 0. The van der Waals surface area contributed by atoms with Crippen LogP contribution in [0.25, 0.3) is 6.08 Å². The Kier molecular flexibility index (Phi) is 7.91. The summed E-state index contributed by atoms with van der Waals surface area (Å²) in [5, 5.41) is 2.94. The summed E-state index contributed by atoms with van der Waals surface area (Å²) in [5.74, 6) is -1.29. The lowest BCUT2D eigenvalue weighted by molar-refractivity contribution is -0.142. The van der Waals surface area contributed by atoms with E-state index in [0.717, 1.165) is 23.1 Å². The molecule has 4 amide bonds. The molecule has 0 saturated carbocycles. The molecule has 3 aliphatic rings. The van der Waals surface area contributed by atoms with E-state index >= 15 is 0 Å². The summed E-state index contributed by atoms with van der Waals surface area (Å²) in [6, 6.07) is 13.3. The molecule has 1 fully saturated rings. The summed E-state index contributed by atoms with van der Waals surface area (Å²) in [4.78, 5) is 56.9. The van der Waals surface area contributed by atoms with Crippen LogP contribution in [0.4, 0.5) is 10.5 Å². The Morgan fingerprint density at radius 3 is 2.70 bits per heavy atom. The zero-order chi connectivity index (χ0) is 28.3. The number of ether oxygens (including phenoxy) is 1. The molecule has 3 N–H and O–H groups in total. The quantitative estimate of drug-likeness (QED) is 0.570. The van der Waals surface area contributed by atoms with Crippen LogP contribution in [0.15, 0.2) is 54.6 Å². The molecule has 0 aromatic heterocycles. The van der Waals surface area contributed by atoms with E-state index in [-0.39, 0.29) is 31.4 Å². The Labute approximate surface area is 234 Å². The van der Waals surface area contributed by atoms with Gasteiger partial charge in [-0.2, -0.15) is 0 Å². The van der Waals surface area contributed by atoms with Gasteiger partial charge in [0.05, 0.1) is 5.41 Å². The highest BCUT2D eigenvalue weighted by Crippen LogP contribution is 2.47. The molecule has 9 heteroatoms. The SMILES string of the molecule is CCCC[C@H]1C(=O)N2C[C@]3(C[C@H]2C(N)=O)C(=O)Nc2ccc(cc23)/C=C\CCCN1C(=O)OCc1ccccc1. The molecule has 9 nitrogen and oxygen atoms in total. The van der Waals surface area contributed by atoms with Gasteiger partial charge in [-0.05, 0) is 54.5 Å². The molecule has 3 atom stereocenters. The fraction of sp³-hybridized carbons (Fsp3) is 0.419. The van der Waals surface area contributed by atoms with E-state index in [1.165, 1.54) is 9.80 Å². The lowest BCUT2D eigenvalue weighted by Crippen LogP contribution is -2.55. The number of nitrogens with zero attached hydrogens (tertiary/aromatic N) is 2. The largest absolute Gasteiger partial charge is 0.445 e. The van der Waals surface area contributed by atoms with Crippen molar-refractivity contribution >= 4 is 35.6 Å². The maximum Gasteiger partial charge on any atom is 0.410 e. The average molecular weight is 545 g/mol. The first kappa shape index (κ1) is 27.4. The van der Waals surface area contributed by atoms with Crippen molar-refractivity contribution in [2.45, 2.75) is 69.6 Å². The molecule has 3 heterocycles. The summed E-state index contributed by atoms with van der Waals surface area (Å²) in [6.45, 7) is 2.42. The lowest BCUT2D eigenvalue weighted by Gasteiger charge is -2.35. The zero-order valence-electron chi connectivity index (χ0n) is 22.8. The topological polar surface area (TPSA) is 122 Å². The monoisotopic (exact) mass is 544 g/mol. The third-order valence-corrected chi connectivity index (χ3v) is 8.22. The molecule has 0 radical (unpaired) electrons. The Morgan fingerprint density at radius 2 is 1.95 bits per heavy atom. The minimum atomic E-state index is -1.09. The van der Waals surface area contributed by atoms with Crippen molar-refractivity contribution in [1.29, 1.82) is 0 Å². The van der Waals surface area contributed by atoms with Gasteiger partial charge < -0.3 is 20.7 Å². The molecule has 4 bridgehead atoms. The predicted molar refractivity (Wildman–Crippen MR) is 151 cm³/mol. The fourth-order valence-electron chi connectivity index (χ4n) is 6.06. The summed E-state index contributed by atoms with van der Waals surface area (Å²) < 4.78 is 5.69. The van der Waals surface area contributed by atoms with Gasteiger partial charge in [0.2, 0.25) is 17.7 Å². The summed E-state index contributed by atoms with van der Waals surface area (Å²) in [6.07, 6.45) is 6.79. The number of amides is 4. The van der Waals surface area contributed by atoms with Crippen molar-refractivity contribution < 1.29 is 23.9 Å². The molecule has 1 saturated heterocycles. The van der Waals surface area contributed by atoms with Crippen LogP contribution in [0.2, 0.25) is 0 Å². The molecule has 40 heavy (non-hydrogen) atoms. The second kappa shape index (κ2) is 11.5. The molecule has 210 valence electrons. The number of carbonyl (C=O) groups excluding carboxylic acids is 4. The van der Waals surface area contributed by atoms with Crippen molar-refractivity contribution in [2.75, 3.05) is 18.4 Å². The van der Waals surface area contributed by atoms with E-state index in [2.05, 4.69) is 5.32 Å². The molecular weight excluding hydrogens is 508 g/mol. The molecule has 2 aromatic rings. The van der Waals surface area contributed by atoms with Crippen LogP contribution in [-0.2, 0) is 31.1 Å². The fourth-order valence-corrected chi connectivity index (χ4v) is 6.06. The van der Waals surface area contributed by atoms with Crippen LogP contribution in [0, 0.1) is 0 Å². The van der Waals surface area contributed by atoms with Gasteiger partial charge in [0, 0.05) is 18.8 Å². The van der Waals surface area contributed by atoms with Gasteiger partial charge in [-0.1, -0.05) is 68.3 Å². The van der Waals surface area contributed by atoms with Gasteiger partial charge >= 0.3 is 6.09 Å². The van der Waals surface area contributed by atoms with Crippen molar-refractivity contribution in [3.05, 3.63) is 71.3 Å². The van der Waals surface area contributed by atoms with Crippen molar-refractivity contribution in [3.63, 3.8) is 0 Å². The highest BCUT2D eigenvalue weighted by atomic mass is 16.6. The number of hydrogen-bond donors (Lipinski definition) is 2. The van der Waals surface area contributed by atoms with E-state index in [0.29, 0.717) is 37.9 Å². The van der Waals surface area contributed by atoms with Gasteiger partial charge in [-0.15, -0.1) is 0 Å². The minimum absolute atomic E-state index is 0.0149.